The van der Waals surface area contributed by atoms with Crippen LogP contribution in [-0.4, -0.2) is 0 Å². The Bertz CT molecular complexity index is 2310. The highest BCUT2D eigenvalue weighted by atomic mass is 16.5. The fourth-order valence-corrected chi connectivity index (χ4v) is 6.58. The van der Waals surface area contributed by atoms with Gasteiger partial charge in [0.15, 0.2) is 11.5 Å². The zero-order valence-electron chi connectivity index (χ0n) is 27.1. The highest BCUT2D eigenvalue weighted by molar-refractivity contribution is 6.01. The molecule has 1 aliphatic heterocycles. The van der Waals surface area contributed by atoms with Crippen LogP contribution in [0.1, 0.15) is 19.4 Å². The summed E-state index contributed by atoms with van der Waals surface area (Å²) in [6.45, 7) is 4.18. The fourth-order valence-electron chi connectivity index (χ4n) is 6.58. The molecule has 0 saturated carbocycles. The zero-order valence-corrected chi connectivity index (χ0v) is 27.1. The highest BCUT2D eigenvalue weighted by Crippen LogP contribution is 2.53. The van der Waals surface area contributed by atoms with Crippen molar-refractivity contribution in [3.05, 3.63) is 182 Å². The van der Waals surface area contributed by atoms with Crippen molar-refractivity contribution in [3.8, 4) is 44.9 Å². The molecule has 48 heavy (non-hydrogen) atoms. The van der Waals surface area contributed by atoms with Crippen LogP contribution in [-0.2, 0) is 0 Å². The van der Waals surface area contributed by atoms with Gasteiger partial charge in [0.05, 0.1) is 17.1 Å². The van der Waals surface area contributed by atoms with E-state index in [1.54, 1.807) is 0 Å². The summed E-state index contributed by atoms with van der Waals surface area (Å²) < 4.78 is 6.81. The Hall–Kier alpha value is -6.12. The van der Waals surface area contributed by atoms with E-state index in [4.69, 9.17) is 4.74 Å². The van der Waals surface area contributed by atoms with Crippen molar-refractivity contribution in [2.75, 3.05) is 4.90 Å². The average Bonchev–Trinajstić information content (AvgIpc) is 3.16. The average molecular weight is 618 g/mol. The van der Waals surface area contributed by atoms with E-state index < -0.39 is 0 Å². The van der Waals surface area contributed by atoms with Gasteiger partial charge in [0.25, 0.3) is 0 Å². The van der Waals surface area contributed by atoms with Gasteiger partial charge in [0, 0.05) is 5.39 Å². The Morgan fingerprint density at radius 2 is 1.02 bits per heavy atom. The molecule has 0 N–H and O–H groups in total. The molecule has 7 aromatic rings. The lowest BCUT2D eigenvalue weighted by Gasteiger charge is -2.34. The predicted octanol–water partition coefficient (Wildman–Crippen LogP) is 13.4. The predicted molar refractivity (Wildman–Crippen MR) is 203 cm³/mol. The normalized spacial score (nSPS) is 12.5. The first-order valence-electron chi connectivity index (χ1n) is 16.5. The van der Waals surface area contributed by atoms with E-state index in [0.29, 0.717) is 0 Å². The summed E-state index contributed by atoms with van der Waals surface area (Å²) in [5.41, 5.74) is 12.6. The maximum absolute atomic E-state index is 6.81. The van der Waals surface area contributed by atoms with Crippen LogP contribution in [0.2, 0.25) is 0 Å². The van der Waals surface area contributed by atoms with Crippen LogP contribution in [0, 0.1) is 0 Å². The number of allylic oxidation sites excluding steroid dienone is 4. The third-order valence-electron chi connectivity index (χ3n) is 9.17. The first-order valence-corrected chi connectivity index (χ1v) is 16.5. The molecule has 2 nitrogen and oxygen atoms in total. The molecule has 8 rings (SSSR count). The van der Waals surface area contributed by atoms with E-state index >= 15 is 0 Å². The van der Waals surface area contributed by atoms with Gasteiger partial charge >= 0.3 is 0 Å². The van der Waals surface area contributed by atoms with Gasteiger partial charge < -0.3 is 9.64 Å². The summed E-state index contributed by atoms with van der Waals surface area (Å²) in [6.07, 6.45) is 6.27. The summed E-state index contributed by atoms with van der Waals surface area (Å²) in [5, 5.41) is 2.40. The third-order valence-corrected chi connectivity index (χ3v) is 9.17. The lowest BCUT2D eigenvalue weighted by Crippen LogP contribution is -2.16. The molecule has 7 aromatic carbocycles. The fraction of sp³-hybridized carbons (Fsp3) is 0.0435. The monoisotopic (exact) mass is 617 g/mol. The zero-order chi connectivity index (χ0) is 32.5. The van der Waals surface area contributed by atoms with Crippen LogP contribution in [0.25, 0.3) is 49.7 Å². The lowest BCUT2D eigenvalue weighted by atomic mass is 9.98. The molecule has 0 bridgehead atoms. The Balaban J connectivity index is 1.21. The van der Waals surface area contributed by atoms with Gasteiger partial charge in [0.2, 0.25) is 0 Å². The molecule has 0 aromatic heterocycles. The molecule has 0 saturated heterocycles. The highest BCUT2D eigenvalue weighted by Gasteiger charge is 2.28. The second-order valence-corrected chi connectivity index (χ2v) is 12.2. The van der Waals surface area contributed by atoms with E-state index in [2.05, 4.69) is 188 Å². The van der Waals surface area contributed by atoms with Crippen molar-refractivity contribution in [2.24, 2.45) is 0 Å². The molecule has 1 heterocycles. The van der Waals surface area contributed by atoms with Gasteiger partial charge in [-0.05, 0) is 94.1 Å². The number of ether oxygens (including phenoxy) is 1. The van der Waals surface area contributed by atoms with Crippen molar-refractivity contribution in [2.45, 2.75) is 13.8 Å². The number of nitrogens with zero attached hydrogens (tertiary/aromatic N) is 1. The summed E-state index contributed by atoms with van der Waals surface area (Å²) in [5.74, 6) is 1.66. The van der Waals surface area contributed by atoms with Gasteiger partial charge in [0.1, 0.15) is 0 Å². The van der Waals surface area contributed by atoms with Crippen molar-refractivity contribution >= 4 is 33.4 Å². The van der Waals surface area contributed by atoms with E-state index in [1.165, 1.54) is 33.0 Å². The summed E-state index contributed by atoms with van der Waals surface area (Å²) in [6, 6.07) is 56.3. The molecule has 0 amide bonds. The Morgan fingerprint density at radius 3 is 1.67 bits per heavy atom. The SMILES string of the molecule is C/C=C\C=C(/C)c1ccc(-c2ccc3c(c2)Oc2cc(-c4ccc(-c5ccccc5)cc4)ccc2N3c2cccc3ccccc23)cc1. The van der Waals surface area contributed by atoms with Crippen LogP contribution < -0.4 is 9.64 Å². The Kier molecular flexibility index (Phi) is 7.68. The Morgan fingerprint density at radius 1 is 0.500 bits per heavy atom. The molecule has 1 aliphatic rings. The van der Waals surface area contributed by atoms with Crippen molar-refractivity contribution in [3.63, 3.8) is 0 Å². The molecule has 0 fully saturated rings. The summed E-state index contributed by atoms with van der Waals surface area (Å²) in [7, 11) is 0. The molecule has 2 heteroatoms. The molecular formula is C46H35NO. The number of anilines is 3. The molecule has 0 spiro atoms. The minimum absolute atomic E-state index is 0.831. The Labute approximate surface area is 282 Å². The maximum atomic E-state index is 6.81. The van der Waals surface area contributed by atoms with E-state index in [1.807, 2.05) is 6.92 Å². The van der Waals surface area contributed by atoms with Gasteiger partial charge in [-0.1, -0.05) is 146 Å². The van der Waals surface area contributed by atoms with Crippen molar-refractivity contribution < 1.29 is 4.74 Å². The van der Waals surface area contributed by atoms with E-state index in [9.17, 15) is 0 Å². The third kappa shape index (κ3) is 5.48. The maximum Gasteiger partial charge on any atom is 0.152 e. The molecule has 0 radical (unpaired) electrons. The topological polar surface area (TPSA) is 12.5 Å². The van der Waals surface area contributed by atoms with Crippen LogP contribution in [0.5, 0.6) is 11.5 Å². The smallest absolute Gasteiger partial charge is 0.152 e. The number of benzene rings is 7. The molecule has 0 aliphatic carbocycles. The summed E-state index contributed by atoms with van der Waals surface area (Å²) in [4.78, 5) is 2.35. The number of rotatable bonds is 6. The number of hydrogen-bond donors (Lipinski definition) is 0. The van der Waals surface area contributed by atoms with Gasteiger partial charge in [-0.2, -0.15) is 0 Å². The lowest BCUT2D eigenvalue weighted by molar-refractivity contribution is 0.477. The van der Waals surface area contributed by atoms with E-state index in [-0.39, 0.29) is 0 Å². The minimum Gasteiger partial charge on any atom is -0.453 e. The number of fused-ring (bicyclic) bond motifs is 3. The molecule has 0 atom stereocenters. The van der Waals surface area contributed by atoms with Gasteiger partial charge in [-0.3, -0.25) is 0 Å². The molecular weight excluding hydrogens is 583 g/mol. The minimum atomic E-state index is 0.831. The van der Waals surface area contributed by atoms with Crippen LogP contribution in [0.4, 0.5) is 17.1 Å². The van der Waals surface area contributed by atoms with Crippen molar-refractivity contribution in [1.82, 2.24) is 0 Å². The van der Waals surface area contributed by atoms with Crippen molar-refractivity contribution in [1.29, 1.82) is 0 Å². The second kappa shape index (κ2) is 12.6. The molecule has 230 valence electrons. The van der Waals surface area contributed by atoms with Crippen LogP contribution in [0.15, 0.2) is 176 Å². The number of hydrogen-bond acceptors (Lipinski definition) is 2. The largest absolute Gasteiger partial charge is 0.453 e. The van der Waals surface area contributed by atoms with Gasteiger partial charge in [-0.15, -0.1) is 0 Å². The van der Waals surface area contributed by atoms with Crippen LogP contribution >= 0.6 is 0 Å². The standard InChI is InChI=1S/C46H35NO/c1-3-4-11-32(2)33-18-20-36(21-19-33)39-26-28-43-45(30-39)48-46-31-40(37-24-22-35(23-25-37)34-12-6-5-7-13-34)27-29-44(46)47(43)42-17-10-15-38-14-8-9-16-41(38)42/h3-31H,1-2H3/b4-3-,32-11+. The summed E-state index contributed by atoms with van der Waals surface area (Å²) >= 11 is 0. The van der Waals surface area contributed by atoms with E-state index in [0.717, 1.165) is 50.8 Å². The second-order valence-electron chi connectivity index (χ2n) is 12.2. The van der Waals surface area contributed by atoms with Crippen LogP contribution in [0.3, 0.4) is 0 Å². The first-order chi connectivity index (χ1) is 23.7. The quantitative estimate of drug-likeness (QED) is 0.172. The first kappa shape index (κ1) is 29.3. The van der Waals surface area contributed by atoms with Gasteiger partial charge in [-0.25, -0.2) is 0 Å². The molecule has 0 unspecified atom stereocenters.